The fourth-order valence-corrected chi connectivity index (χ4v) is 2.43. The minimum Gasteiger partial charge on any atom is -0.369 e. The molecule has 0 aromatic carbocycles. The second-order valence-electron chi connectivity index (χ2n) is 5.98. The number of anilines is 3. The quantitative estimate of drug-likeness (QED) is 0.768. The van der Waals surface area contributed by atoms with E-state index in [9.17, 15) is 0 Å². The summed E-state index contributed by atoms with van der Waals surface area (Å²) in [6.45, 7) is 6.35. The Hall–Kier alpha value is -2.14. The molecule has 2 heterocycles. The van der Waals surface area contributed by atoms with Crippen LogP contribution in [0.5, 0.6) is 0 Å². The smallest absolute Gasteiger partial charge is 0.229 e. The SMILES string of the molecule is C#N.C1CC1.CCNc1nc(Nc2cn(C)nc2C2CC2)ncc1Br. The highest BCUT2D eigenvalue weighted by Gasteiger charge is 2.29. The van der Waals surface area contributed by atoms with Crippen LogP contribution in [0.1, 0.15) is 50.6 Å². The van der Waals surface area contributed by atoms with Gasteiger partial charge in [-0.15, -0.1) is 0 Å². The first-order valence-electron chi connectivity index (χ1n) is 8.50. The number of hydrogen-bond acceptors (Lipinski definition) is 6. The molecule has 0 atom stereocenters. The molecule has 134 valence electrons. The summed E-state index contributed by atoms with van der Waals surface area (Å²) in [5, 5.41) is 17.5. The predicted molar refractivity (Wildman–Crippen MR) is 103 cm³/mol. The molecule has 4 rings (SSSR count). The van der Waals surface area contributed by atoms with Gasteiger partial charge in [0.1, 0.15) is 5.82 Å². The van der Waals surface area contributed by atoms with Crippen LogP contribution in [-0.4, -0.2) is 26.3 Å². The van der Waals surface area contributed by atoms with Crippen molar-refractivity contribution in [2.45, 2.75) is 44.9 Å². The van der Waals surface area contributed by atoms with Crippen molar-refractivity contribution in [3.8, 4) is 6.57 Å². The monoisotopic (exact) mass is 405 g/mol. The Bertz CT molecular complexity index is 702. The van der Waals surface area contributed by atoms with E-state index < -0.39 is 0 Å². The molecule has 0 bridgehead atoms. The van der Waals surface area contributed by atoms with Crippen LogP contribution in [0.15, 0.2) is 16.9 Å². The number of nitriles is 1. The molecule has 0 saturated heterocycles. The highest BCUT2D eigenvalue weighted by molar-refractivity contribution is 9.10. The number of hydrogen-bond donors (Lipinski definition) is 2. The molecule has 0 unspecified atom stereocenters. The molecule has 2 saturated carbocycles. The molecule has 2 aliphatic rings. The number of rotatable bonds is 5. The second-order valence-corrected chi connectivity index (χ2v) is 6.84. The van der Waals surface area contributed by atoms with E-state index in [1.54, 1.807) is 6.20 Å². The number of nitrogens with zero attached hydrogens (tertiary/aromatic N) is 5. The highest BCUT2D eigenvalue weighted by atomic mass is 79.9. The van der Waals surface area contributed by atoms with Crippen LogP contribution in [0.3, 0.4) is 0 Å². The normalized spacial score (nSPS) is 14.4. The van der Waals surface area contributed by atoms with E-state index in [1.807, 2.05) is 24.9 Å². The predicted octanol–water partition coefficient (Wildman–Crippen LogP) is 4.34. The lowest BCUT2D eigenvalue weighted by Gasteiger charge is -2.08. The fraction of sp³-hybridized carbons (Fsp3) is 0.529. The molecule has 0 aliphatic heterocycles. The molecule has 0 radical (unpaired) electrons. The van der Waals surface area contributed by atoms with Crippen molar-refractivity contribution in [1.29, 1.82) is 5.26 Å². The van der Waals surface area contributed by atoms with Gasteiger partial charge in [0.25, 0.3) is 0 Å². The largest absolute Gasteiger partial charge is 0.369 e. The average Bonchev–Trinajstić information content (AvgIpc) is 3.50. The summed E-state index contributed by atoms with van der Waals surface area (Å²) < 4.78 is 2.69. The zero-order valence-electron chi connectivity index (χ0n) is 14.7. The van der Waals surface area contributed by atoms with E-state index in [0.717, 1.165) is 28.2 Å². The Morgan fingerprint density at radius 1 is 1.32 bits per heavy atom. The lowest BCUT2D eigenvalue weighted by molar-refractivity contribution is 0.744. The van der Waals surface area contributed by atoms with Gasteiger partial charge in [-0.3, -0.25) is 4.68 Å². The Morgan fingerprint density at radius 2 is 2.00 bits per heavy atom. The van der Waals surface area contributed by atoms with Crippen LogP contribution in [0.25, 0.3) is 0 Å². The summed E-state index contributed by atoms with van der Waals surface area (Å²) in [5.74, 6) is 1.96. The van der Waals surface area contributed by atoms with Gasteiger partial charge in [0.15, 0.2) is 0 Å². The topological polar surface area (TPSA) is 91.5 Å². The molecule has 8 heteroatoms. The molecule has 2 fully saturated rings. The molecule has 2 aliphatic carbocycles. The van der Waals surface area contributed by atoms with Gasteiger partial charge in [-0.1, -0.05) is 19.3 Å². The molecule has 2 aromatic rings. The van der Waals surface area contributed by atoms with Crippen molar-refractivity contribution in [2.75, 3.05) is 17.2 Å². The summed E-state index contributed by atoms with van der Waals surface area (Å²) in [6.07, 6.45) is 10.7. The van der Waals surface area contributed by atoms with Gasteiger partial charge in [-0.05, 0) is 35.7 Å². The zero-order chi connectivity index (χ0) is 18.2. The van der Waals surface area contributed by atoms with E-state index in [4.69, 9.17) is 5.26 Å². The van der Waals surface area contributed by atoms with Crippen molar-refractivity contribution < 1.29 is 0 Å². The summed E-state index contributed by atoms with van der Waals surface area (Å²) in [7, 11) is 1.93. The maximum absolute atomic E-state index is 6.50. The van der Waals surface area contributed by atoms with Gasteiger partial charge < -0.3 is 10.6 Å². The summed E-state index contributed by atoms with van der Waals surface area (Å²) in [6, 6.07) is 0. The molecule has 25 heavy (non-hydrogen) atoms. The van der Waals surface area contributed by atoms with Gasteiger partial charge in [-0.25, -0.2) is 10.2 Å². The van der Waals surface area contributed by atoms with Gasteiger partial charge in [-0.2, -0.15) is 10.1 Å². The number of halogens is 1. The summed E-state index contributed by atoms with van der Waals surface area (Å²) in [5.41, 5.74) is 2.11. The molecule has 7 nitrogen and oxygen atoms in total. The standard InChI is InChI=1S/C13H17BrN6.C3H6.CHN/c1-3-15-12-9(14)6-16-13(18-12)17-10-7-20(2)19-11(10)8-4-5-8;1-2-3-1;1-2/h6-8H,3-5H2,1-2H3,(H2,15,16,17,18);1-3H2;1H. The minimum absolute atomic E-state index is 0.582. The third-order valence-electron chi connectivity index (χ3n) is 3.51. The van der Waals surface area contributed by atoms with E-state index in [-0.39, 0.29) is 0 Å². The van der Waals surface area contributed by atoms with E-state index in [0.29, 0.717) is 11.9 Å². The Kier molecular flexibility index (Phi) is 7.19. The van der Waals surface area contributed by atoms with Crippen LogP contribution in [0, 0.1) is 11.8 Å². The third-order valence-corrected chi connectivity index (χ3v) is 4.09. The van der Waals surface area contributed by atoms with Crippen molar-refractivity contribution in [3.63, 3.8) is 0 Å². The zero-order valence-corrected chi connectivity index (χ0v) is 16.3. The second kappa shape index (κ2) is 9.37. The first-order chi connectivity index (χ1) is 12.2. The van der Waals surface area contributed by atoms with E-state index in [1.165, 1.54) is 32.1 Å². The first-order valence-corrected chi connectivity index (χ1v) is 9.29. The van der Waals surface area contributed by atoms with Crippen molar-refractivity contribution in [3.05, 3.63) is 22.6 Å². The van der Waals surface area contributed by atoms with Crippen LogP contribution in [0.4, 0.5) is 17.5 Å². The number of aromatic nitrogens is 4. The van der Waals surface area contributed by atoms with E-state index in [2.05, 4.69) is 48.2 Å². The molecular formula is C17H24BrN7. The molecule has 2 aromatic heterocycles. The van der Waals surface area contributed by atoms with E-state index >= 15 is 0 Å². The Labute approximate surface area is 157 Å². The van der Waals surface area contributed by atoms with Gasteiger partial charge in [0.05, 0.1) is 15.9 Å². The Balaban J connectivity index is 0.000000397. The van der Waals surface area contributed by atoms with Gasteiger partial charge in [0.2, 0.25) is 5.95 Å². The highest BCUT2D eigenvalue weighted by Crippen LogP contribution is 2.42. The average molecular weight is 406 g/mol. The third kappa shape index (κ3) is 6.02. The molecular weight excluding hydrogens is 382 g/mol. The van der Waals surface area contributed by atoms with Crippen molar-refractivity contribution in [1.82, 2.24) is 19.7 Å². The van der Waals surface area contributed by atoms with Crippen molar-refractivity contribution in [2.24, 2.45) is 7.05 Å². The fourth-order valence-electron chi connectivity index (χ4n) is 2.10. The number of aryl methyl sites for hydroxylation is 1. The van der Waals surface area contributed by atoms with Crippen LogP contribution in [0.2, 0.25) is 0 Å². The minimum atomic E-state index is 0.582. The molecule has 0 amide bonds. The van der Waals surface area contributed by atoms with Gasteiger partial charge >= 0.3 is 0 Å². The summed E-state index contributed by atoms with van der Waals surface area (Å²) in [4.78, 5) is 8.77. The molecule has 0 spiro atoms. The Morgan fingerprint density at radius 3 is 2.56 bits per heavy atom. The summed E-state index contributed by atoms with van der Waals surface area (Å²) >= 11 is 3.44. The van der Waals surface area contributed by atoms with Crippen molar-refractivity contribution >= 4 is 33.4 Å². The maximum atomic E-state index is 6.50. The number of nitrogens with one attached hydrogen (secondary N) is 2. The maximum Gasteiger partial charge on any atom is 0.229 e. The molecule has 2 N–H and O–H groups in total. The van der Waals surface area contributed by atoms with Gasteiger partial charge in [0, 0.05) is 38.5 Å². The van der Waals surface area contributed by atoms with Crippen LogP contribution >= 0.6 is 15.9 Å². The van der Waals surface area contributed by atoms with Crippen LogP contribution < -0.4 is 10.6 Å². The van der Waals surface area contributed by atoms with Crippen LogP contribution in [-0.2, 0) is 7.05 Å². The lowest BCUT2D eigenvalue weighted by atomic mass is 10.2. The first kappa shape index (κ1) is 19.2. The lowest BCUT2D eigenvalue weighted by Crippen LogP contribution is -2.04.